The number of hydrogen-bond donors (Lipinski definition) is 1. The molecule has 2 rings (SSSR count). The Kier molecular flexibility index (Phi) is 2.69. The predicted octanol–water partition coefficient (Wildman–Crippen LogP) is 2.66. The molecule has 0 radical (unpaired) electrons. The van der Waals surface area contributed by atoms with Crippen molar-refractivity contribution < 1.29 is 5.11 Å². The lowest BCUT2D eigenvalue weighted by Crippen LogP contribution is -1.94. The lowest BCUT2D eigenvalue weighted by molar-refractivity contribution is 0.470. The molecule has 1 N–H and O–H groups in total. The molecule has 1 aromatic carbocycles. The average Bonchev–Trinajstić information content (AvgIpc) is 2.53. The van der Waals surface area contributed by atoms with Gasteiger partial charge in [0, 0.05) is 12.6 Å². The predicted molar refractivity (Wildman–Crippen MR) is 64.4 cm³/mol. The van der Waals surface area contributed by atoms with Crippen molar-refractivity contribution in [3.8, 4) is 17.0 Å². The molecule has 0 aliphatic heterocycles. The van der Waals surface area contributed by atoms with Crippen LogP contribution in [0.15, 0.2) is 24.3 Å². The van der Waals surface area contributed by atoms with Crippen molar-refractivity contribution in [2.24, 2.45) is 7.05 Å². The van der Waals surface area contributed by atoms with E-state index >= 15 is 0 Å². The third kappa shape index (κ3) is 1.69. The molecule has 16 heavy (non-hydrogen) atoms. The molecule has 0 aliphatic carbocycles. The van der Waals surface area contributed by atoms with Crippen LogP contribution in [0.2, 0.25) is 0 Å². The number of aryl methyl sites for hydroxylation is 3. The molecule has 0 aliphatic rings. The Balaban J connectivity index is 2.60. The summed E-state index contributed by atoms with van der Waals surface area (Å²) in [6.45, 7) is 4.03. The molecule has 0 unspecified atom stereocenters. The highest BCUT2D eigenvalue weighted by Crippen LogP contribution is 2.32. The van der Waals surface area contributed by atoms with Crippen LogP contribution in [0.5, 0.6) is 5.75 Å². The quantitative estimate of drug-likeness (QED) is 0.838. The summed E-state index contributed by atoms with van der Waals surface area (Å²) in [6.07, 6.45) is 0.742. The standard InChI is InChI=1S/C13H16N2O/c1-4-11-13(16)12(15(3)14-11)10-7-5-6-9(2)8-10/h5-8,16H,4H2,1-3H3. The Hall–Kier alpha value is -1.77. The SMILES string of the molecule is CCc1nn(C)c(-c2cccc(C)c2)c1O. The Morgan fingerprint density at radius 3 is 2.69 bits per heavy atom. The second kappa shape index (κ2) is 4.00. The highest BCUT2D eigenvalue weighted by molar-refractivity contribution is 5.68. The monoisotopic (exact) mass is 216 g/mol. The van der Waals surface area contributed by atoms with Gasteiger partial charge in [0.2, 0.25) is 0 Å². The Labute approximate surface area is 95.3 Å². The summed E-state index contributed by atoms with van der Waals surface area (Å²) in [4.78, 5) is 0. The second-order valence-corrected chi connectivity index (χ2v) is 3.99. The minimum Gasteiger partial charge on any atom is -0.504 e. The van der Waals surface area contributed by atoms with Gasteiger partial charge in [0.15, 0.2) is 5.75 Å². The number of benzene rings is 1. The molecule has 0 saturated carbocycles. The molecule has 1 aromatic heterocycles. The van der Waals surface area contributed by atoms with Crippen molar-refractivity contribution in [3.05, 3.63) is 35.5 Å². The second-order valence-electron chi connectivity index (χ2n) is 3.99. The van der Waals surface area contributed by atoms with Gasteiger partial charge in [-0.3, -0.25) is 4.68 Å². The first kappa shape index (κ1) is 10.7. The first-order chi connectivity index (χ1) is 7.63. The fraction of sp³-hybridized carbons (Fsp3) is 0.308. The van der Waals surface area contributed by atoms with Crippen LogP contribution in [0, 0.1) is 6.92 Å². The summed E-state index contributed by atoms with van der Waals surface area (Å²) in [5.74, 6) is 0.301. The molecular formula is C13H16N2O. The first-order valence-corrected chi connectivity index (χ1v) is 5.45. The summed E-state index contributed by atoms with van der Waals surface area (Å²) in [7, 11) is 1.86. The highest BCUT2D eigenvalue weighted by atomic mass is 16.3. The number of rotatable bonds is 2. The molecule has 0 saturated heterocycles. The van der Waals surface area contributed by atoms with E-state index in [2.05, 4.69) is 11.2 Å². The van der Waals surface area contributed by atoms with Crippen LogP contribution in [0.1, 0.15) is 18.2 Å². The molecule has 0 fully saturated rings. The normalized spacial score (nSPS) is 10.7. The fourth-order valence-corrected chi connectivity index (χ4v) is 1.92. The fourth-order valence-electron chi connectivity index (χ4n) is 1.92. The van der Waals surface area contributed by atoms with Gasteiger partial charge >= 0.3 is 0 Å². The van der Waals surface area contributed by atoms with Gasteiger partial charge < -0.3 is 5.11 Å². The summed E-state index contributed by atoms with van der Waals surface area (Å²) >= 11 is 0. The molecule has 1 heterocycles. The zero-order valence-electron chi connectivity index (χ0n) is 9.86. The van der Waals surface area contributed by atoms with E-state index in [4.69, 9.17) is 0 Å². The minimum absolute atomic E-state index is 0.301. The van der Waals surface area contributed by atoms with Crippen molar-refractivity contribution in [2.45, 2.75) is 20.3 Å². The average molecular weight is 216 g/mol. The summed E-state index contributed by atoms with van der Waals surface area (Å²) in [6, 6.07) is 8.07. The zero-order valence-corrected chi connectivity index (χ0v) is 9.86. The maximum atomic E-state index is 10.1. The molecule has 0 amide bonds. The third-order valence-corrected chi connectivity index (χ3v) is 2.72. The Morgan fingerprint density at radius 2 is 2.12 bits per heavy atom. The first-order valence-electron chi connectivity index (χ1n) is 5.45. The van der Waals surface area contributed by atoms with E-state index in [1.54, 1.807) is 4.68 Å². The van der Waals surface area contributed by atoms with Gasteiger partial charge in [-0.1, -0.05) is 30.7 Å². The molecular weight excluding hydrogens is 200 g/mol. The largest absolute Gasteiger partial charge is 0.504 e. The summed E-state index contributed by atoms with van der Waals surface area (Å²) in [5.41, 5.74) is 3.72. The molecule has 0 atom stereocenters. The maximum Gasteiger partial charge on any atom is 0.164 e. The lowest BCUT2D eigenvalue weighted by atomic mass is 10.1. The minimum atomic E-state index is 0.301. The third-order valence-electron chi connectivity index (χ3n) is 2.72. The van der Waals surface area contributed by atoms with Crippen molar-refractivity contribution >= 4 is 0 Å². The topological polar surface area (TPSA) is 38.0 Å². The lowest BCUT2D eigenvalue weighted by Gasteiger charge is -2.03. The van der Waals surface area contributed by atoms with Crippen molar-refractivity contribution in [1.29, 1.82) is 0 Å². The van der Waals surface area contributed by atoms with Gasteiger partial charge in [-0.25, -0.2) is 0 Å². The van der Waals surface area contributed by atoms with Gasteiger partial charge in [0.1, 0.15) is 11.4 Å². The van der Waals surface area contributed by atoms with E-state index in [0.29, 0.717) is 5.75 Å². The van der Waals surface area contributed by atoms with E-state index < -0.39 is 0 Å². The number of hydrogen-bond acceptors (Lipinski definition) is 2. The van der Waals surface area contributed by atoms with Crippen molar-refractivity contribution in [1.82, 2.24) is 9.78 Å². The van der Waals surface area contributed by atoms with E-state index in [9.17, 15) is 5.11 Å². The number of aromatic hydroxyl groups is 1. The van der Waals surface area contributed by atoms with Crippen molar-refractivity contribution in [2.75, 3.05) is 0 Å². The van der Waals surface area contributed by atoms with Crippen LogP contribution in [0.25, 0.3) is 11.3 Å². The Morgan fingerprint density at radius 1 is 1.38 bits per heavy atom. The molecule has 0 bridgehead atoms. The number of aromatic nitrogens is 2. The van der Waals surface area contributed by atoms with Crippen LogP contribution in [0.4, 0.5) is 0 Å². The van der Waals surface area contributed by atoms with Crippen LogP contribution < -0.4 is 0 Å². The van der Waals surface area contributed by atoms with E-state index in [-0.39, 0.29) is 0 Å². The molecule has 3 nitrogen and oxygen atoms in total. The zero-order chi connectivity index (χ0) is 11.7. The molecule has 84 valence electrons. The van der Waals surface area contributed by atoms with Gasteiger partial charge in [0.25, 0.3) is 0 Å². The smallest absolute Gasteiger partial charge is 0.164 e. The van der Waals surface area contributed by atoms with Crippen LogP contribution in [-0.2, 0) is 13.5 Å². The van der Waals surface area contributed by atoms with Gasteiger partial charge in [0.05, 0.1) is 0 Å². The van der Waals surface area contributed by atoms with E-state index in [0.717, 1.165) is 23.4 Å². The molecule has 2 aromatic rings. The van der Waals surface area contributed by atoms with Crippen LogP contribution in [0.3, 0.4) is 0 Å². The van der Waals surface area contributed by atoms with E-state index in [1.807, 2.05) is 39.1 Å². The van der Waals surface area contributed by atoms with Gasteiger partial charge in [-0.15, -0.1) is 0 Å². The summed E-state index contributed by atoms with van der Waals surface area (Å²) < 4.78 is 1.74. The van der Waals surface area contributed by atoms with Gasteiger partial charge in [-0.2, -0.15) is 5.10 Å². The number of nitrogens with zero attached hydrogens (tertiary/aromatic N) is 2. The molecule has 0 spiro atoms. The van der Waals surface area contributed by atoms with Crippen molar-refractivity contribution in [3.63, 3.8) is 0 Å². The highest BCUT2D eigenvalue weighted by Gasteiger charge is 2.15. The Bertz CT molecular complexity index is 515. The van der Waals surface area contributed by atoms with Gasteiger partial charge in [-0.05, 0) is 19.4 Å². The van der Waals surface area contributed by atoms with E-state index in [1.165, 1.54) is 5.56 Å². The molecule has 3 heteroatoms. The maximum absolute atomic E-state index is 10.1. The summed E-state index contributed by atoms with van der Waals surface area (Å²) in [5, 5.41) is 14.4. The van der Waals surface area contributed by atoms with Crippen LogP contribution >= 0.6 is 0 Å². The van der Waals surface area contributed by atoms with Crippen LogP contribution in [-0.4, -0.2) is 14.9 Å².